The number of ether oxygens (including phenoxy) is 1. The Morgan fingerprint density at radius 2 is 1.11 bits per heavy atom. The summed E-state index contributed by atoms with van der Waals surface area (Å²) in [4.78, 5) is 0.504. The molecule has 0 bridgehead atoms. The minimum atomic E-state index is -4.46. The van der Waals surface area contributed by atoms with Crippen LogP contribution in [-0.4, -0.2) is 33.0 Å². The molecule has 0 amide bonds. The zero-order valence-electron chi connectivity index (χ0n) is 19.5. The Balaban J connectivity index is 1.89. The highest BCUT2D eigenvalue weighted by Gasteiger charge is 2.42. The van der Waals surface area contributed by atoms with Gasteiger partial charge in [0.15, 0.2) is 0 Å². The Hall–Kier alpha value is -3.11. The number of hydrogen-bond acceptors (Lipinski definition) is 6. The van der Waals surface area contributed by atoms with E-state index >= 15 is 0 Å². The molecule has 9 heteroatoms. The van der Waals surface area contributed by atoms with Crippen LogP contribution in [0, 0.1) is 0 Å². The van der Waals surface area contributed by atoms with Crippen LogP contribution >= 0.6 is 11.8 Å². The first-order chi connectivity index (χ1) is 17.3. The third kappa shape index (κ3) is 5.82. The molecule has 6 nitrogen and oxygen atoms in total. The lowest BCUT2D eigenvalue weighted by atomic mass is 10.1. The van der Waals surface area contributed by atoms with E-state index < -0.39 is 25.4 Å². The van der Waals surface area contributed by atoms with Gasteiger partial charge in [0.2, 0.25) is 0 Å². The molecule has 0 saturated heterocycles. The zero-order valence-corrected chi connectivity index (χ0v) is 21.9. The van der Waals surface area contributed by atoms with Gasteiger partial charge in [-0.1, -0.05) is 70.4 Å². The van der Waals surface area contributed by atoms with Crippen molar-refractivity contribution >= 4 is 31.8 Å². The maximum atomic E-state index is 14.0. The second-order valence-electron chi connectivity index (χ2n) is 7.80. The lowest BCUT2D eigenvalue weighted by molar-refractivity contribution is 0.414. The summed E-state index contributed by atoms with van der Waals surface area (Å²) in [7, 11) is -7.36. The average Bonchev–Trinajstić information content (AvgIpc) is 2.90. The maximum absolute atomic E-state index is 14.0. The molecule has 0 N–H and O–H groups in total. The summed E-state index contributed by atoms with van der Waals surface area (Å²) in [6, 6.07) is 31.6. The van der Waals surface area contributed by atoms with Crippen molar-refractivity contribution in [2.45, 2.75) is 26.5 Å². The summed E-state index contributed by atoms with van der Waals surface area (Å²) < 4.78 is 61.8. The fourth-order valence-corrected chi connectivity index (χ4v) is 9.26. The molecule has 0 radical (unpaired) electrons. The number of methoxy groups -OCH3 is 1. The predicted octanol–water partition coefficient (Wildman–Crippen LogP) is 5.44. The van der Waals surface area contributed by atoms with Crippen LogP contribution in [0.5, 0.6) is 5.75 Å². The van der Waals surface area contributed by atoms with Crippen molar-refractivity contribution in [2.75, 3.05) is 7.11 Å². The number of thioether (sulfide) groups is 1. The van der Waals surface area contributed by atoms with E-state index in [0.717, 1.165) is 5.56 Å². The van der Waals surface area contributed by atoms with E-state index in [4.69, 9.17) is 4.74 Å². The summed E-state index contributed by atoms with van der Waals surface area (Å²) in [5.41, 5.74) is 0.806. The Morgan fingerprint density at radius 1 is 0.667 bits per heavy atom. The summed E-state index contributed by atoms with van der Waals surface area (Å²) >= 11 is 1.17. The van der Waals surface area contributed by atoms with Gasteiger partial charge < -0.3 is 4.74 Å². The lowest BCUT2D eigenvalue weighted by Crippen LogP contribution is -2.44. The van der Waals surface area contributed by atoms with Crippen molar-refractivity contribution < 1.29 is 21.6 Å². The van der Waals surface area contributed by atoms with Gasteiger partial charge in [-0.15, -0.1) is 11.8 Å². The van der Waals surface area contributed by atoms with Gasteiger partial charge in [0.1, 0.15) is 5.75 Å². The molecule has 0 heterocycles. The van der Waals surface area contributed by atoms with E-state index in [1.807, 2.05) is 30.3 Å². The van der Waals surface area contributed by atoms with Gasteiger partial charge in [-0.05, 0) is 60.5 Å². The number of benzene rings is 4. The molecule has 36 heavy (non-hydrogen) atoms. The Kier molecular flexibility index (Phi) is 8.15. The van der Waals surface area contributed by atoms with Crippen molar-refractivity contribution in [3.05, 3.63) is 121 Å². The monoisotopic (exact) mass is 539 g/mol. The Bertz CT molecular complexity index is 1410. The molecule has 186 valence electrons. The molecule has 0 aliphatic carbocycles. The first kappa shape index (κ1) is 26.0. The second-order valence-corrected chi connectivity index (χ2v) is 12.9. The predicted molar refractivity (Wildman–Crippen MR) is 142 cm³/mol. The number of hydrogen-bond donors (Lipinski definition) is 0. The fourth-order valence-electron chi connectivity index (χ4n) is 3.62. The van der Waals surface area contributed by atoms with Crippen LogP contribution in [0.1, 0.15) is 5.56 Å². The molecule has 1 unspecified atom stereocenters. The van der Waals surface area contributed by atoms with Crippen molar-refractivity contribution in [1.29, 1.82) is 0 Å². The van der Waals surface area contributed by atoms with Crippen molar-refractivity contribution in [3.8, 4) is 5.75 Å². The van der Waals surface area contributed by atoms with Gasteiger partial charge in [-0.2, -0.15) is 0 Å². The molecule has 0 aliphatic rings. The average molecular weight is 540 g/mol. The Labute approximate surface area is 216 Å². The molecular weight excluding hydrogens is 515 g/mol. The highest BCUT2D eigenvalue weighted by Crippen LogP contribution is 2.37. The van der Waals surface area contributed by atoms with Crippen LogP contribution in [0.2, 0.25) is 0 Å². The van der Waals surface area contributed by atoms with E-state index in [0.29, 0.717) is 14.4 Å². The summed E-state index contributed by atoms with van der Waals surface area (Å²) in [6.07, 6.45) is 0.162. The van der Waals surface area contributed by atoms with Gasteiger partial charge in [-0.3, -0.25) is 0 Å². The number of sulfonamides is 2. The molecular formula is C27H25NO5S3. The van der Waals surface area contributed by atoms with Crippen LogP contribution < -0.4 is 4.74 Å². The molecule has 4 aromatic carbocycles. The van der Waals surface area contributed by atoms with E-state index in [1.54, 1.807) is 67.8 Å². The third-order valence-corrected chi connectivity index (χ3v) is 11.2. The minimum absolute atomic E-state index is 0.0992. The maximum Gasteiger partial charge on any atom is 0.257 e. The van der Waals surface area contributed by atoms with Gasteiger partial charge in [-0.25, -0.2) is 16.8 Å². The highest BCUT2D eigenvalue weighted by molar-refractivity contribution is 8.06. The Morgan fingerprint density at radius 3 is 1.56 bits per heavy atom. The molecule has 1 atom stereocenters. The first-order valence-corrected chi connectivity index (χ1v) is 14.8. The van der Waals surface area contributed by atoms with Gasteiger partial charge >= 0.3 is 0 Å². The van der Waals surface area contributed by atoms with Crippen LogP contribution in [0.4, 0.5) is 0 Å². The number of nitrogens with zero attached hydrogens (tertiary/aromatic N) is 1. The van der Waals surface area contributed by atoms with Crippen LogP contribution in [-0.2, 0) is 26.5 Å². The van der Waals surface area contributed by atoms with E-state index in [2.05, 4.69) is 0 Å². The lowest BCUT2D eigenvalue weighted by Gasteiger charge is -2.30. The third-order valence-electron chi connectivity index (χ3n) is 5.38. The van der Waals surface area contributed by atoms with Gasteiger partial charge in [0.05, 0.1) is 22.3 Å². The SMILES string of the molecule is COc1ccc(SC(Cc2ccccc2)N(S(=O)(=O)c2ccccc2)S(=O)(=O)c2ccccc2)cc1. The normalized spacial score (nSPS) is 12.8. The van der Waals surface area contributed by atoms with Crippen molar-refractivity contribution in [2.24, 2.45) is 0 Å². The summed E-state index contributed by atoms with van der Waals surface area (Å²) in [5.74, 6) is 0.643. The molecule has 0 aliphatic heterocycles. The van der Waals surface area contributed by atoms with E-state index in [1.165, 1.54) is 36.0 Å². The summed E-state index contributed by atoms with van der Waals surface area (Å²) in [5, 5.41) is -1.00. The molecule has 4 aromatic rings. The van der Waals surface area contributed by atoms with Gasteiger partial charge in [0.25, 0.3) is 20.0 Å². The molecule has 4 rings (SSSR count). The molecule has 0 aromatic heterocycles. The minimum Gasteiger partial charge on any atom is -0.497 e. The van der Waals surface area contributed by atoms with Crippen molar-refractivity contribution in [1.82, 2.24) is 3.71 Å². The molecule has 0 saturated carbocycles. The summed E-state index contributed by atoms with van der Waals surface area (Å²) in [6.45, 7) is 0. The second kappa shape index (κ2) is 11.3. The standard InChI is InChI=1S/C27H25NO5S3/c1-33-23-17-19-24(20-18-23)34-27(21-22-11-5-2-6-12-22)28(35(29,30)25-13-7-3-8-14-25)36(31,32)26-15-9-4-10-16-26/h2-20,27H,21H2,1H3. The van der Waals surface area contributed by atoms with Gasteiger partial charge in [0, 0.05) is 4.90 Å². The van der Waals surface area contributed by atoms with Crippen LogP contribution in [0.25, 0.3) is 0 Å². The number of rotatable bonds is 10. The quantitative estimate of drug-likeness (QED) is 0.197. The van der Waals surface area contributed by atoms with Crippen LogP contribution in [0.15, 0.2) is 130 Å². The molecule has 0 fully saturated rings. The topological polar surface area (TPSA) is 80.8 Å². The smallest absolute Gasteiger partial charge is 0.257 e. The van der Waals surface area contributed by atoms with E-state index in [9.17, 15) is 16.8 Å². The first-order valence-electron chi connectivity index (χ1n) is 11.1. The van der Waals surface area contributed by atoms with Crippen LogP contribution in [0.3, 0.4) is 0 Å². The zero-order chi connectivity index (χ0) is 25.6. The highest BCUT2D eigenvalue weighted by atomic mass is 32.3. The van der Waals surface area contributed by atoms with Crippen molar-refractivity contribution in [3.63, 3.8) is 0 Å². The largest absolute Gasteiger partial charge is 0.497 e. The fraction of sp³-hybridized carbons (Fsp3) is 0.111. The van der Waals surface area contributed by atoms with E-state index in [-0.39, 0.29) is 16.2 Å². The molecule has 0 spiro atoms.